The van der Waals surface area contributed by atoms with Crippen LogP contribution in [0, 0.1) is 5.92 Å². The monoisotopic (exact) mass is 279 g/mol. The number of benzene rings is 1. The molecule has 2 N–H and O–H groups in total. The predicted octanol–water partition coefficient (Wildman–Crippen LogP) is 2.32. The minimum Gasteiger partial charge on any atom is -0.481 e. The SMILES string of the molecule is CCCN(Cc1ccc(C(=O)O)cc1)CC(C)C(=O)O. The third kappa shape index (κ3) is 5.01. The first-order valence-corrected chi connectivity index (χ1v) is 6.71. The van der Waals surface area contributed by atoms with Gasteiger partial charge in [-0.05, 0) is 30.7 Å². The second-order valence-corrected chi connectivity index (χ2v) is 4.98. The number of aliphatic carboxylic acids is 1. The molecule has 0 bridgehead atoms. The van der Waals surface area contributed by atoms with Crippen molar-refractivity contribution in [3.63, 3.8) is 0 Å². The summed E-state index contributed by atoms with van der Waals surface area (Å²) in [5, 5.41) is 17.8. The van der Waals surface area contributed by atoms with E-state index in [4.69, 9.17) is 10.2 Å². The molecule has 1 atom stereocenters. The topological polar surface area (TPSA) is 77.8 Å². The Hall–Kier alpha value is -1.88. The Bertz CT molecular complexity index is 455. The molecule has 1 rings (SSSR count). The number of carboxylic acids is 2. The number of aromatic carboxylic acids is 1. The third-order valence-electron chi connectivity index (χ3n) is 3.10. The van der Waals surface area contributed by atoms with Crippen LogP contribution in [0.25, 0.3) is 0 Å². The van der Waals surface area contributed by atoms with Gasteiger partial charge in [0.2, 0.25) is 0 Å². The van der Waals surface area contributed by atoms with Crippen LogP contribution >= 0.6 is 0 Å². The minimum atomic E-state index is -0.943. The van der Waals surface area contributed by atoms with Crippen LogP contribution in [0.5, 0.6) is 0 Å². The van der Waals surface area contributed by atoms with E-state index in [1.165, 1.54) is 0 Å². The molecule has 0 aliphatic heterocycles. The Morgan fingerprint density at radius 2 is 1.80 bits per heavy atom. The summed E-state index contributed by atoms with van der Waals surface area (Å²) >= 11 is 0. The van der Waals surface area contributed by atoms with Crippen molar-refractivity contribution in [2.75, 3.05) is 13.1 Å². The Labute approximate surface area is 118 Å². The molecule has 1 aromatic rings. The molecule has 20 heavy (non-hydrogen) atoms. The molecule has 0 amide bonds. The van der Waals surface area contributed by atoms with E-state index in [1.54, 1.807) is 31.2 Å². The molecule has 110 valence electrons. The molecule has 0 fully saturated rings. The van der Waals surface area contributed by atoms with Crippen LogP contribution < -0.4 is 0 Å². The fraction of sp³-hybridized carbons (Fsp3) is 0.467. The van der Waals surface area contributed by atoms with Crippen molar-refractivity contribution < 1.29 is 19.8 Å². The molecule has 0 aliphatic carbocycles. The normalized spacial score (nSPS) is 12.3. The van der Waals surface area contributed by atoms with Crippen molar-refractivity contribution >= 4 is 11.9 Å². The van der Waals surface area contributed by atoms with Gasteiger partial charge in [-0.1, -0.05) is 26.0 Å². The van der Waals surface area contributed by atoms with Crippen LogP contribution in [0.1, 0.15) is 36.2 Å². The van der Waals surface area contributed by atoms with Crippen LogP contribution in [0.15, 0.2) is 24.3 Å². The highest BCUT2D eigenvalue weighted by molar-refractivity contribution is 5.87. The predicted molar refractivity (Wildman–Crippen MR) is 75.8 cm³/mol. The summed E-state index contributed by atoms with van der Waals surface area (Å²) in [5.74, 6) is -2.16. The van der Waals surface area contributed by atoms with Gasteiger partial charge in [-0.3, -0.25) is 9.69 Å². The highest BCUT2D eigenvalue weighted by atomic mass is 16.4. The second kappa shape index (κ2) is 7.65. The number of hydrogen-bond acceptors (Lipinski definition) is 3. The van der Waals surface area contributed by atoms with Gasteiger partial charge in [0.15, 0.2) is 0 Å². The molecule has 0 spiro atoms. The maximum absolute atomic E-state index is 10.9. The molecule has 0 saturated heterocycles. The second-order valence-electron chi connectivity index (χ2n) is 4.98. The molecular weight excluding hydrogens is 258 g/mol. The van der Waals surface area contributed by atoms with Crippen LogP contribution in [-0.2, 0) is 11.3 Å². The zero-order chi connectivity index (χ0) is 15.1. The van der Waals surface area contributed by atoms with E-state index in [0.29, 0.717) is 13.1 Å². The van der Waals surface area contributed by atoms with Crippen molar-refractivity contribution in [1.82, 2.24) is 4.90 Å². The molecule has 5 nitrogen and oxygen atoms in total. The quantitative estimate of drug-likeness (QED) is 0.763. The Balaban J connectivity index is 2.69. The van der Waals surface area contributed by atoms with Gasteiger partial charge in [0.05, 0.1) is 11.5 Å². The molecule has 0 radical (unpaired) electrons. The van der Waals surface area contributed by atoms with Crippen LogP contribution in [0.2, 0.25) is 0 Å². The number of carboxylic acid groups (broad SMARTS) is 2. The van der Waals surface area contributed by atoms with Gasteiger partial charge in [0.1, 0.15) is 0 Å². The summed E-state index contributed by atoms with van der Waals surface area (Å²) in [6.45, 7) is 5.68. The lowest BCUT2D eigenvalue weighted by Crippen LogP contribution is -2.32. The van der Waals surface area contributed by atoms with Gasteiger partial charge in [-0.15, -0.1) is 0 Å². The first-order chi connectivity index (χ1) is 9.43. The van der Waals surface area contributed by atoms with E-state index in [1.807, 2.05) is 6.92 Å². The van der Waals surface area contributed by atoms with Gasteiger partial charge in [-0.25, -0.2) is 4.79 Å². The van der Waals surface area contributed by atoms with E-state index in [9.17, 15) is 9.59 Å². The standard InChI is InChI=1S/C15H21NO4/c1-3-8-16(9-11(2)14(17)18)10-12-4-6-13(7-5-12)15(19)20/h4-7,11H,3,8-10H2,1-2H3,(H,17,18)(H,19,20). The fourth-order valence-corrected chi connectivity index (χ4v) is 2.03. The number of carbonyl (C=O) groups is 2. The lowest BCUT2D eigenvalue weighted by Gasteiger charge is -2.23. The van der Waals surface area contributed by atoms with E-state index in [2.05, 4.69) is 4.90 Å². The molecular formula is C15H21NO4. The van der Waals surface area contributed by atoms with Gasteiger partial charge < -0.3 is 10.2 Å². The smallest absolute Gasteiger partial charge is 0.335 e. The van der Waals surface area contributed by atoms with Crippen LogP contribution in [-0.4, -0.2) is 40.1 Å². The molecule has 1 unspecified atom stereocenters. The summed E-state index contributed by atoms with van der Waals surface area (Å²) in [6, 6.07) is 6.69. The van der Waals surface area contributed by atoms with E-state index in [-0.39, 0.29) is 5.56 Å². The molecule has 5 heteroatoms. The Morgan fingerprint density at radius 3 is 2.25 bits per heavy atom. The van der Waals surface area contributed by atoms with Crippen molar-refractivity contribution in [2.45, 2.75) is 26.8 Å². The molecule has 1 aromatic carbocycles. The first kappa shape index (κ1) is 16.2. The number of hydrogen-bond donors (Lipinski definition) is 2. The summed E-state index contributed by atoms with van der Waals surface area (Å²) in [6.07, 6.45) is 0.944. The fourth-order valence-electron chi connectivity index (χ4n) is 2.03. The summed E-state index contributed by atoms with van der Waals surface area (Å²) < 4.78 is 0. The molecule has 0 aromatic heterocycles. The Kier molecular flexibility index (Phi) is 6.18. The van der Waals surface area contributed by atoms with Crippen molar-refractivity contribution in [2.24, 2.45) is 5.92 Å². The molecule has 0 heterocycles. The van der Waals surface area contributed by atoms with E-state index < -0.39 is 17.9 Å². The lowest BCUT2D eigenvalue weighted by molar-refractivity contribution is -0.141. The third-order valence-corrected chi connectivity index (χ3v) is 3.10. The Morgan fingerprint density at radius 1 is 1.20 bits per heavy atom. The van der Waals surface area contributed by atoms with Crippen LogP contribution in [0.3, 0.4) is 0 Å². The zero-order valence-corrected chi connectivity index (χ0v) is 11.9. The van der Waals surface area contributed by atoms with Gasteiger partial charge >= 0.3 is 11.9 Å². The highest BCUT2D eigenvalue weighted by Crippen LogP contribution is 2.10. The highest BCUT2D eigenvalue weighted by Gasteiger charge is 2.16. The minimum absolute atomic E-state index is 0.259. The molecule has 0 aliphatic rings. The van der Waals surface area contributed by atoms with E-state index >= 15 is 0 Å². The van der Waals surface area contributed by atoms with Crippen LogP contribution in [0.4, 0.5) is 0 Å². The van der Waals surface area contributed by atoms with Gasteiger partial charge in [0.25, 0.3) is 0 Å². The maximum atomic E-state index is 10.9. The van der Waals surface area contributed by atoms with Crippen molar-refractivity contribution in [1.29, 1.82) is 0 Å². The van der Waals surface area contributed by atoms with Crippen molar-refractivity contribution in [3.8, 4) is 0 Å². The van der Waals surface area contributed by atoms with Gasteiger partial charge in [-0.2, -0.15) is 0 Å². The lowest BCUT2D eigenvalue weighted by atomic mass is 10.1. The van der Waals surface area contributed by atoms with E-state index in [0.717, 1.165) is 18.5 Å². The summed E-state index contributed by atoms with van der Waals surface area (Å²) in [5.41, 5.74) is 1.25. The average Bonchev–Trinajstić information content (AvgIpc) is 2.39. The summed E-state index contributed by atoms with van der Waals surface area (Å²) in [7, 11) is 0. The maximum Gasteiger partial charge on any atom is 0.335 e. The average molecular weight is 279 g/mol. The zero-order valence-electron chi connectivity index (χ0n) is 11.9. The molecule has 0 saturated carbocycles. The number of rotatable bonds is 8. The largest absolute Gasteiger partial charge is 0.481 e. The summed E-state index contributed by atoms with van der Waals surface area (Å²) in [4.78, 5) is 23.8. The van der Waals surface area contributed by atoms with Gasteiger partial charge in [0, 0.05) is 13.1 Å². The van der Waals surface area contributed by atoms with Crippen molar-refractivity contribution in [3.05, 3.63) is 35.4 Å². The first-order valence-electron chi connectivity index (χ1n) is 6.71. The number of nitrogens with zero attached hydrogens (tertiary/aromatic N) is 1.